The zero-order chi connectivity index (χ0) is 20.1. The molecule has 0 aliphatic carbocycles. The number of aromatic nitrogens is 3. The first kappa shape index (κ1) is 19.3. The SMILES string of the molecule is C#CCCC1(CCNC(=O)c2cn(-c3cccnc3)nc2C2CCOCC2)N=N1. The van der Waals surface area contributed by atoms with Gasteiger partial charge in [-0.25, -0.2) is 4.68 Å². The lowest BCUT2D eigenvalue weighted by molar-refractivity contribution is 0.0833. The third-order valence-corrected chi connectivity index (χ3v) is 5.37. The highest BCUT2D eigenvalue weighted by Gasteiger charge is 2.38. The van der Waals surface area contributed by atoms with Crippen LogP contribution in [0.5, 0.6) is 0 Å². The Morgan fingerprint density at radius 2 is 2.17 bits per heavy atom. The van der Waals surface area contributed by atoms with Crippen LogP contribution in [0.25, 0.3) is 5.69 Å². The summed E-state index contributed by atoms with van der Waals surface area (Å²) in [5.74, 6) is 2.69. The van der Waals surface area contributed by atoms with Gasteiger partial charge in [-0.2, -0.15) is 15.3 Å². The van der Waals surface area contributed by atoms with Crippen molar-refractivity contribution in [3.8, 4) is 18.0 Å². The minimum Gasteiger partial charge on any atom is -0.381 e. The van der Waals surface area contributed by atoms with Crippen molar-refractivity contribution in [3.05, 3.63) is 42.0 Å². The van der Waals surface area contributed by atoms with Crippen LogP contribution in [0.3, 0.4) is 0 Å². The molecule has 2 aliphatic heterocycles. The molecular weight excluding hydrogens is 368 g/mol. The summed E-state index contributed by atoms with van der Waals surface area (Å²) in [4.78, 5) is 17.1. The van der Waals surface area contributed by atoms with Crippen molar-refractivity contribution in [2.24, 2.45) is 10.2 Å². The molecule has 1 saturated heterocycles. The predicted octanol–water partition coefficient (Wildman–Crippen LogP) is 2.86. The van der Waals surface area contributed by atoms with E-state index in [0.717, 1.165) is 30.6 Å². The van der Waals surface area contributed by atoms with E-state index in [0.29, 0.717) is 38.2 Å². The lowest BCUT2D eigenvalue weighted by Gasteiger charge is -2.21. The second-order valence-electron chi connectivity index (χ2n) is 7.36. The van der Waals surface area contributed by atoms with E-state index in [1.54, 1.807) is 23.3 Å². The van der Waals surface area contributed by atoms with E-state index in [2.05, 4.69) is 26.4 Å². The third-order valence-electron chi connectivity index (χ3n) is 5.37. The molecule has 0 spiro atoms. The maximum atomic E-state index is 13.0. The standard InChI is InChI=1S/C21H24N6O2/c1-2-3-8-21(25-26-21)9-11-23-20(28)18-15-27(17-5-4-10-22-14-17)24-19(18)16-6-12-29-13-7-16/h1,4-5,10,14-16H,3,6-9,11-13H2,(H,23,28). The van der Waals surface area contributed by atoms with Gasteiger partial charge in [0.05, 0.1) is 23.1 Å². The molecule has 29 heavy (non-hydrogen) atoms. The Kier molecular flexibility index (Phi) is 5.67. The van der Waals surface area contributed by atoms with Crippen LogP contribution in [0.2, 0.25) is 0 Å². The molecule has 8 nitrogen and oxygen atoms in total. The van der Waals surface area contributed by atoms with Crippen LogP contribution in [0.4, 0.5) is 0 Å². The fourth-order valence-electron chi connectivity index (χ4n) is 3.60. The van der Waals surface area contributed by atoms with Gasteiger partial charge in [0.15, 0.2) is 5.66 Å². The van der Waals surface area contributed by atoms with Gasteiger partial charge < -0.3 is 10.1 Å². The van der Waals surface area contributed by atoms with Crippen molar-refractivity contribution in [1.82, 2.24) is 20.1 Å². The first-order valence-electron chi connectivity index (χ1n) is 9.94. The highest BCUT2D eigenvalue weighted by molar-refractivity contribution is 5.95. The van der Waals surface area contributed by atoms with Gasteiger partial charge in [0.2, 0.25) is 0 Å². The fourth-order valence-corrected chi connectivity index (χ4v) is 3.60. The van der Waals surface area contributed by atoms with Gasteiger partial charge >= 0.3 is 0 Å². The van der Waals surface area contributed by atoms with Gasteiger partial charge in [0.25, 0.3) is 5.91 Å². The summed E-state index contributed by atoms with van der Waals surface area (Å²) in [6, 6.07) is 3.77. The monoisotopic (exact) mass is 392 g/mol. The molecule has 0 radical (unpaired) electrons. The highest BCUT2D eigenvalue weighted by Crippen LogP contribution is 2.36. The number of carbonyl (C=O) groups excluding carboxylic acids is 1. The number of carbonyl (C=O) groups is 1. The second kappa shape index (κ2) is 8.53. The van der Waals surface area contributed by atoms with Crippen molar-refractivity contribution in [1.29, 1.82) is 0 Å². The molecular formula is C21H24N6O2. The number of terminal acetylenes is 1. The minimum absolute atomic E-state index is 0.130. The molecule has 1 N–H and O–H groups in total. The van der Waals surface area contributed by atoms with E-state index in [4.69, 9.17) is 16.3 Å². The molecule has 0 saturated carbocycles. The lowest BCUT2D eigenvalue weighted by Crippen LogP contribution is -2.29. The first-order valence-corrected chi connectivity index (χ1v) is 9.94. The number of amides is 1. The maximum absolute atomic E-state index is 13.0. The Labute approximate surface area is 169 Å². The summed E-state index contributed by atoms with van der Waals surface area (Å²) in [6.45, 7) is 1.86. The van der Waals surface area contributed by atoms with E-state index in [-0.39, 0.29) is 11.8 Å². The van der Waals surface area contributed by atoms with Crippen molar-refractivity contribution in [2.75, 3.05) is 19.8 Å². The Hall–Kier alpha value is -3.05. The van der Waals surface area contributed by atoms with Crippen molar-refractivity contribution in [3.63, 3.8) is 0 Å². The summed E-state index contributed by atoms with van der Waals surface area (Å²) in [6.07, 6.45) is 14.3. The van der Waals surface area contributed by atoms with Gasteiger partial charge in [0.1, 0.15) is 0 Å². The van der Waals surface area contributed by atoms with Crippen LogP contribution in [0, 0.1) is 12.3 Å². The Morgan fingerprint density at radius 1 is 1.34 bits per heavy atom. The summed E-state index contributed by atoms with van der Waals surface area (Å²) in [7, 11) is 0. The van der Waals surface area contributed by atoms with E-state index in [9.17, 15) is 4.79 Å². The predicted molar refractivity (Wildman–Crippen MR) is 107 cm³/mol. The molecule has 8 heteroatoms. The molecule has 0 atom stereocenters. The van der Waals surface area contributed by atoms with E-state index in [1.165, 1.54) is 0 Å². The van der Waals surface area contributed by atoms with Crippen molar-refractivity contribution in [2.45, 2.75) is 43.7 Å². The maximum Gasteiger partial charge on any atom is 0.254 e. The zero-order valence-electron chi connectivity index (χ0n) is 16.3. The number of hydrogen-bond donors (Lipinski definition) is 1. The molecule has 150 valence electrons. The average Bonchev–Trinajstić information content (AvgIpc) is 3.39. The molecule has 0 bridgehead atoms. The molecule has 0 aromatic carbocycles. The molecule has 1 amide bonds. The van der Waals surface area contributed by atoms with Crippen molar-refractivity contribution >= 4 is 5.91 Å². The Balaban J connectivity index is 1.48. The van der Waals surface area contributed by atoms with E-state index >= 15 is 0 Å². The molecule has 4 heterocycles. The topological polar surface area (TPSA) is 93.8 Å². The van der Waals surface area contributed by atoms with Gasteiger partial charge in [0, 0.05) is 57.3 Å². The van der Waals surface area contributed by atoms with E-state index in [1.807, 2.05) is 12.1 Å². The molecule has 4 rings (SSSR count). The third kappa shape index (κ3) is 4.51. The smallest absolute Gasteiger partial charge is 0.254 e. The Bertz CT molecular complexity index is 918. The first-order chi connectivity index (χ1) is 14.2. The molecule has 0 unspecified atom stereocenters. The van der Waals surface area contributed by atoms with E-state index < -0.39 is 5.66 Å². The number of nitrogens with one attached hydrogen (secondary N) is 1. The summed E-state index contributed by atoms with van der Waals surface area (Å²) < 4.78 is 7.20. The number of pyridine rings is 1. The zero-order valence-corrected chi connectivity index (χ0v) is 16.3. The fraction of sp³-hybridized carbons (Fsp3) is 0.476. The van der Waals surface area contributed by atoms with Crippen LogP contribution in [-0.2, 0) is 4.74 Å². The van der Waals surface area contributed by atoms with Crippen LogP contribution in [-0.4, -0.2) is 46.1 Å². The van der Waals surface area contributed by atoms with Crippen LogP contribution >= 0.6 is 0 Å². The second-order valence-corrected chi connectivity index (χ2v) is 7.36. The summed E-state index contributed by atoms with van der Waals surface area (Å²) in [5, 5.41) is 16.0. The molecule has 2 aliphatic rings. The van der Waals surface area contributed by atoms with Crippen LogP contribution < -0.4 is 5.32 Å². The summed E-state index contributed by atoms with van der Waals surface area (Å²) in [5.41, 5.74) is 1.84. The van der Waals surface area contributed by atoms with Crippen molar-refractivity contribution < 1.29 is 9.53 Å². The minimum atomic E-state index is -0.400. The number of rotatable bonds is 8. The summed E-state index contributed by atoms with van der Waals surface area (Å²) >= 11 is 0. The van der Waals surface area contributed by atoms with Crippen LogP contribution in [0.1, 0.15) is 54.1 Å². The van der Waals surface area contributed by atoms with Gasteiger partial charge in [-0.3, -0.25) is 9.78 Å². The van der Waals surface area contributed by atoms with Gasteiger partial charge in [-0.1, -0.05) is 0 Å². The Morgan fingerprint density at radius 3 is 2.86 bits per heavy atom. The molecule has 2 aromatic heterocycles. The molecule has 2 aromatic rings. The quantitative estimate of drug-likeness (QED) is 0.699. The van der Waals surface area contributed by atoms with Gasteiger partial charge in [-0.15, -0.1) is 12.3 Å². The average molecular weight is 392 g/mol. The van der Waals surface area contributed by atoms with Gasteiger partial charge in [-0.05, 0) is 25.0 Å². The highest BCUT2D eigenvalue weighted by atomic mass is 16.5. The molecule has 1 fully saturated rings. The normalized spacial score (nSPS) is 17.6. The lowest BCUT2D eigenvalue weighted by atomic mass is 9.94. The number of nitrogens with zero attached hydrogens (tertiary/aromatic N) is 5. The van der Waals surface area contributed by atoms with Crippen LogP contribution in [0.15, 0.2) is 41.0 Å². The number of hydrogen-bond acceptors (Lipinski definition) is 6. The largest absolute Gasteiger partial charge is 0.381 e. The number of ether oxygens (including phenoxy) is 1.